The zero-order valence-corrected chi connectivity index (χ0v) is 18.7. The Morgan fingerprint density at radius 2 is 2.03 bits per heavy atom. The van der Waals surface area contributed by atoms with Crippen molar-refractivity contribution in [3.8, 4) is 0 Å². The Hall–Kier alpha value is -1.90. The van der Waals surface area contributed by atoms with E-state index in [9.17, 15) is 19.8 Å². The highest BCUT2D eigenvalue weighted by atomic mass is 32.2. The van der Waals surface area contributed by atoms with Gasteiger partial charge in [0.15, 0.2) is 0 Å². The average Bonchev–Trinajstić information content (AvgIpc) is 3.03. The van der Waals surface area contributed by atoms with Crippen LogP contribution in [0.3, 0.4) is 0 Å². The quantitative estimate of drug-likeness (QED) is 0.531. The first kappa shape index (κ1) is 21.3. The number of aliphatic carboxylic acids is 1. The van der Waals surface area contributed by atoms with Crippen molar-refractivity contribution in [2.24, 2.45) is 17.8 Å². The minimum absolute atomic E-state index is 0.0215. The third-order valence-electron chi connectivity index (χ3n) is 6.57. The van der Waals surface area contributed by atoms with Crippen LogP contribution in [0.5, 0.6) is 0 Å². The summed E-state index contributed by atoms with van der Waals surface area (Å²) in [4.78, 5) is 28.1. The van der Waals surface area contributed by atoms with E-state index < -0.39 is 18.0 Å². The SMILES string of the molecule is C[C@@H](O)[C@H]1C(=O)N2C(C(=O)O)=C3[C@H](CSC(=S)N(C)c4ccccc4)CCC[C@@H]3[C@H]12. The molecule has 160 valence electrons. The maximum atomic E-state index is 12.6. The molecule has 2 fully saturated rings. The molecule has 0 unspecified atom stereocenters. The number of hydrogen-bond acceptors (Lipinski definition) is 5. The van der Waals surface area contributed by atoms with Crippen molar-refractivity contribution in [3.05, 3.63) is 41.6 Å². The van der Waals surface area contributed by atoms with E-state index in [1.165, 1.54) is 4.90 Å². The topological polar surface area (TPSA) is 81.1 Å². The second kappa shape index (κ2) is 8.32. The van der Waals surface area contributed by atoms with Crippen LogP contribution in [0.2, 0.25) is 0 Å². The molecule has 3 aliphatic rings. The van der Waals surface area contributed by atoms with E-state index in [-0.39, 0.29) is 29.5 Å². The molecule has 30 heavy (non-hydrogen) atoms. The third-order valence-corrected chi connectivity index (χ3v) is 8.29. The zero-order chi connectivity index (χ0) is 21.6. The van der Waals surface area contributed by atoms with Crippen molar-refractivity contribution < 1.29 is 19.8 Å². The highest BCUT2D eigenvalue weighted by molar-refractivity contribution is 8.23. The summed E-state index contributed by atoms with van der Waals surface area (Å²) in [6.45, 7) is 1.62. The van der Waals surface area contributed by atoms with Gasteiger partial charge in [-0.25, -0.2) is 4.79 Å². The van der Waals surface area contributed by atoms with Crippen LogP contribution in [0.4, 0.5) is 5.69 Å². The molecular weight excluding hydrogens is 420 g/mol. The number of aliphatic hydroxyl groups excluding tert-OH is 1. The van der Waals surface area contributed by atoms with E-state index in [0.29, 0.717) is 5.75 Å². The molecule has 2 N–H and O–H groups in total. The normalized spacial score (nSPS) is 28.5. The summed E-state index contributed by atoms with van der Waals surface area (Å²) >= 11 is 7.17. The lowest BCUT2D eigenvalue weighted by Gasteiger charge is -2.47. The van der Waals surface area contributed by atoms with E-state index in [1.807, 2.05) is 42.3 Å². The van der Waals surface area contributed by atoms with Crippen LogP contribution in [-0.4, -0.2) is 56.3 Å². The number of carbonyl (C=O) groups excluding carboxylic acids is 1. The molecule has 4 rings (SSSR count). The van der Waals surface area contributed by atoms with Crippen LogP contribution in [0, 0.1) is 17.8 Å². The number of amides is 1. The van der Waals surface area contributed by atoms with Crippen molar-refractivity contribution in [3.63, 3.8) is 0 Å². The summed E-state index contributed by atoms with van der Waals surface area (Å²) < 4.78 is 0.736. The van der Waals surface area contributed by atoms with Crippen molar-refractivity contribution in [1.29, 1.82) is 0 Å². The highest BCUT2D eigenvalue weighted by Gasteiger charge is 2.62. The van der Waals surface area contributed by atoms with Gasteiger partial charge in [0.25, 0.3) is 0 Å². The minimum Gasteiger partial charge on any atom is -0.477 e. The Labute approximate surface area is 185 Å². The second-order valence-electron chi connectivity index (χ2n) is 8.28. The van der Waals surface area contributed by atoms with Gasteiger partial charge in [0.05, 0.1) is 18.1 Å². The van der Waals surface area contributed by atoms with Gasteiger partial charge in [-0.3, -0.25) is 4.79 Å². The van der Waals surface area contributed by atoms with Gasteiger partial charge in [0.2, 0.25) is 5.91 Å². The van der Waals surface area contributed by atoms with E-state index >= 15 is 0 Å². The lowest BCUT2D eigenvalue weighted by atomic mass is 9.70. The standard InChI is InChI=1S/C22H26N2O4S2/c1-12(25)16-18-15-10-6-7-13(17(15)19(21(27)28)24(18)20(16)26)11-30-22(29)23(2)14-8-4-3-5-9-14/h3-5,8-9,12-13,15-16,18,25H,6-7,10-11H2,1-2H3,(H,27,28)/t12-,13+,15+,16-,18-/m1/s1. The van der Waals surface area contributed by atoms with Crippen LogP contribution in [0.25, 0.3) is 0 Å². The molecule has 6 nitrogen and oxygen atoms in total. The third kappa shape index (κ3) is 3.44. The van der Waals surface area contributed by atoms with Crippen LogP contribution in [0.15, 0.2) is 41.6 Å². The second-order valence-corrected chi connectivity index (χ2v) is 9.93. The zero-order valence-electron chi connectivity index (χ0n) is 17.0. The molecule has 8 heteroatoms. The molecule has 5 atom stereocenters. The lowest BCUT2D eigenvalue weighted by molar-refractivity contribution is -0.163. The lowest BCUT2D eigenvalue weighted by Crippen LogP contribution is -2.64. The Balaban J connectivity index is 1.53. The number of thioether (sulfide) groups is 1. The smallest absolute Gasteiger partial charge is 0.352 e. The largest absolute Gasteiger partial charge is 0.477 e. The maximum Gasteiger partial charge on any atom is 0.352 e. The van der Waals surface area contributed by atoms with Crippen LogP contribution in [-0.2, 0) is 9.59 Å². The fourth-order valence-corrected chi connectivity index (χ4v) is 6.50. The highest BCUT2D eigenvalue weighted by Crippen LogP contribution is 2.54. The molecule has 1 aromatic rings. The van der Waals surface area contributed by atoms with Crippen LogP contribution < -0.4 is 4.90 Å². The van der Waals surface area contributed by atoms with Gasteiger partial charge < -0.3 is 20.0 Å². The van der Waals surface area contributed by atoms with E-state index in [1.54, 1.807) is 18.7 Å². The summed E-state index contributed by atoms with van der Waals surface area (Å²) in [7, 11) is 1.93. The number of β-lactam (4-membered cyclic amide) rings is 1. The van der Waals surface area contributed by atoms with Crippen LogP contribution >= 0.6 is 24.0 Å². The number of fused-ring (bicyclic) bond motifs is 3. The van der Waals surface area contributed by atoms with E-state index in [2.05, 4.69) is 0 Å². The Kier molecular flexibility index (Phi) is 5.92. The fourth-order valence-electron chi connectivity index (χ4n) is 5.20. The molecule has 0 radical (unpaired) electrons. The number of carbonyl (C=O) groups is 2. The molecule has 2 aliphatic heterocycles. The predicted molar refractivity (Wildman–Crippen MR) is 121 cm³/mol. The summed E-state index contributed by atoms with van der Waals surface area (Å²) in [6, 6.07) is 9.67. The maximum absolute atomic E-state index is 12.6. The monoisotopic (exact) mass is 446 g/mol. The molecule has 1 aliphatic carbocycles. The predicted octanol–water partition coefficient (Wildman–Crippen LogP) is 3.12. The molecule has 1 amide bonds. The first-order chi connectivity index (χ1) is 14.3. The summed E-state index contributed by atoms with van der Waals surface area (Å²) in [5, 5.41) is 20.0. The number of anilines is 1. The minimum atomic E-state index is -1.05. The molecular formula is C22H26N2O4S2. The number of rotatable bonds is 5. The number of aliphatic hydroxyl groups is 1. The molecule has 1 aromatic carbocycles. The Bertz CT molecular complexity index is 902. The number of benzene rings is 1. The summed E-state index contributed by atoms with van der Waals surface area (Å²) in [6.07, 6.45) is 1.97. The molecule has 1 saturated heterocycles. The van der Waals surface area contributed by atoms with Gasteiger partial charge in [-0.15, -0.1) is 0 Å². The van der Waals surface area contributed by atoms with Crippen molar-refractivity contribution in [2.75, 3.05) is 17.7 Å². The van der Waals surface area contributed by atoms with E-state index in [0.717, 1.165) is 34.8 Å². The number of carboxylic acid groups (broad SMARTS) is 1. The van der Waals surface area contributed by atoms with Gasteiger partial charge in [0, 0.05) is 24.4 Å². The fraction of sp³-hybridized carbons (Fsp3) is 0.500. The Morgan fingerprint density at radius 1 is 1.33 bits per heavy atom. The van der Waals surface area contributed by atoms with Crippen LogP contribution in [0.1, 0.15) is 26.2 Å². The van der Waals surface area contributed by atoms with Crippen molar-refractivity contribution >= 4 is 45.9 Å². The molecule has 1 saturated carbocycles. The van der Waals surface area contributed by atoms with Crippen molar-refractivity contribution in [1.82, 2.24) is 4.90 Å². The Morgan fingerprint density at radius 3 is 2.67 bits per heavy atom. The van der Waals surface area contributed by atoms with Gasteiger partial charge in [-0.05, 0) is 43.4 Å². The molecule has 0 spiro atoms. The first-order valence-corrected chi connectivity index (χ1v) is 11.7. The number of para-hydroxylation sites is 1. The molecule has 0 bridgehead atoms. The van der Waals surface area contributed by atoms with Gasteiger partial charge in [-0.1, -0.05) is 48.6 Å². The average molecular weight is 447 g/mol. The molecule has 2 heterocycles. The number of thiocarbonyl (C=S) groups is 1. The number of carboxylic acids is 1. The van der Waals surface area contributed by atoms with E-state index in [4.69, 9.17) is 12.2 Å². The summed E-state index contributed by atoms with van der Waals surface area (Å²) in [5.41, 5.74) is 2.05. The number of hydrogen-bond donors (Lipinski definition) is 2. The first-order valence-electron chi connectivity index (χ1n) is 10.3. The van der Waals surface area contributed by atoms with Gasteiger partial charge >= 0.3 is 5.97 Å². The summed E-state index contributed by atoms with van der Waals surface area (Å²) in [5.74, 6) is -1.04. The van der Waals surface area contributed by atoms with Gasteiger partial charge in [-0.2, -0.15) is 0 Å². The van der Waals surface area contributed by atoms with Crippen molar-refractivity contribution in [2.45, 2.75) is 38.3 Å². The molecule has 0 aromatic heterocycles. The number of nitrogens with zero attached hydrogens (tertiary/aromatic N) is 2. The van der Waals surface area contributed by atoms with Gasteiger partial charge in [0.1, 0.15) is 10.0 Å².